The monoisotopic (exact) mass is 357 g/mol. The molecule has 2 rings (SSSR count). The third-order valence-corrected chi connectivity index (χ3v) is 3.17. The van der Waals surface area contributed by atoms with Gasteiger partial charge in [-0.15, -0.1) is 0 Å². The number of benzene rings is 2. The van der Waals surface area contributed by atoms with Crippen molar-refractivity contribution in [1.29, 1.82) is 0 Å². The Morgan fingerprint density at radius 1 is 1.19 bits per heavy atom. The van der Waals surface area contributed by atoms with E-state index in [1.54, 1.807) is 30.3 Å². The number of carbonyl (C=O) groups is 2. The van der Waals surface area contributed by atoms with Gasteiger partial charge in [-0.25, -0.2) is 5.43 Å². The van der Waals surface area contributed by atoms with Crippen LogP contribution >= 0.6 is 0 Å². The first-order valence-corrected chi connectivity index (χ1v) is 7.36. The number of methoxy groups -OCH3 is 1. The highest BCUT2D eigenvalue weighted by molar-refractivity contribution is 5.95. The molecular weight excluding hydrogens is 342 g/mol. The largest absolute Gasteiger partial charge is 0.488 e. The van der Waals surface area contributed by atoms with Crippen molar-refractivity contribution in [3.63, 3.8) is 0 Å². The zero-order valence-corrected chi connectivity index (χ0v) is 14.0. The van der Waals surface area contributed by atoms with E-state index in [4.69, 9.17) is 9.47 Å². The van der Waals surface area contributed by atoms with Crippen molar-refractivity contribution in [1.82, 2.24) is 5.43 Å². The zero-order chi connectivity index (χ0) is 19.1. The van der Waals surface area contributed by atoms with Crippen LogP contribution in [0.1, 0.15) is 22.8 Å². The Balaban J connectivity index is 2.29. The van der Waals surface area contributed by atoms with Crippen molar-refractivity contribution in [2.45, 2.75) is 6.92 Å². The van der Waals surface area contributed by atoms with E-state index in [2.05, 4.69) is 10.5 Å². The molecule has 0 saturated heterocycles. The topological polar surface area (TPSA) is 120 Å². The lowest BCUT2D eigenvalue weighted by molar-refractivity contribution is -0.385. The quantitative estimate of drug-likeness (QED) is 0.278. The Morgan fingerprint density at radius 3 is 2.46 bits per heavy atom. The second-order valence-electron chi connectivity index (χ2n) is 4.95. The van der Waals surface area contributed by atoms with E-state index in [1.165, 1.54) is 26.2 Å². The van der Waals surface area contributed by atoms with Crippen LogP contribution in [0.5, 0.6) is 11.5 Å². The molecule has 0 bridgehead atoms. The summed E-state index contributed by atoms with van der Waals surface area (Å²) in [4.78, 5) is 33.7. The van der Waals surface area contributed by atoms with Crippen LogP contribution in [0.25, 0.3) is 0 Å². The number of ether oxygens (including phenoxy) is 2. The predicted octanol–water partition coefficient (Wildman–Crippen LogP) is 2.29. The minimum atomic E-state index is -0.688. The van der Waals surface area contributed by atoms with Crippen molar-refractivity contribution >= 4 is 23.8 Å². The molecule has 134 valence electrons. The zero-order valence-electron chi connectivity index (χ0n) is 14.0. The highest BCUT2D eigenvalue weighted by atomic mass is 16.6. The Labute approximate surface area is 148 Å². The molecule has 0 aliphatic carbocycles. The van der Waals surface area contributed by atoms with Crippen LogP contribution < -0.4 is 14.9 Å². The maximum atomic E-state index is 11.9. The molecule has 2 aromatic carbocycles. The lowest BCUT2D eigenvalue weighted by atomic mass is 10.1. The SMILES string of the molecule is COc1c(OC(C)=O)ccc(C=NNC(=O)c2ccccc2)c1[N+](=O)[O-]. The van der Waals surface area contributed by atoms with E-state index in [-0.39, 0.29) is 17.1 Å². The van der Waals surface area contributed by atoms with E-state index in [0.29, 0.717) is 5.56 Å². The number of hydrogen-bond acceptors (Lipinski definition) is 7. The second kappa shape index (κ2) is 8.38. The summed E-state index contributed by atoms with van der Waals surface area (Å²) < 4.78 is 9.91. The van der Waals surface area contributed by atoms with Crippen LogP contribution in [0, 0.1) is 10.1 Å². The van der Waals surface area contributed by atoms with Crippen LogP contribution in [0.3, 0.4) is 0 Å². The fourth-order valence-electron chi connectivity index (χ4n) is 2.11. The van der Waals surface area contributed by atoms with Crippen molar-refractivity contribution in [3.05, 3.63) is 63.7 Å². The van der Waals surface area contributed by atoms with E-state index in [0.717, 1.165) is 6.21 Å². The lowest BCUT2D eigenvalue weighted by Crippen LogP contribution is -2.17. The molecule has 0 aliphatic rings. The fraction of sp³-hybridized carbons (Fsp3) is 0.118. The molecule has 0 aromatic heterocycles. The molecule has 0 aliphatic heterocycles. The van der Waals surface area contributed by atoms with Gasteiger partial charge < -0.3 is 9.47 Å². The van der Waals surface area contributed by atoms with Gasteiger partial charge in [0, 0.05) is 12.5 Å². The number of carbonyl (C=O) groups excluding carboxylic acids is 2. The number of nitro groups is 1. The summed E-state index contributed by atoms with van der Waals surface area (Å²) in [5.74, 6) is -1.41. The van der Waals surface area contributed by atoms with Crippen molar-refractivity contribution in [3.8, 4) is 11.5 Å². The number of nitrogens with zero attached hydrogens (tertiary/aromatic N) is 2. The van der Waals surface area contributed by atoms with Gasteiger partial charge in [0.2, 0.25) is 5.75 Å². The molecule has 0 radical (unpaired) electrons. The molecule has 1 N–H and O–H groups in total. The molecule has 1 amide bonds. The smallest absolute Gasteiger partial charge is 0.323 e. The summed E-state index contributed by atoms with van der Waals surface area (Å²) in [6, 6.07) is 11.0. The first-order chi connectivity index (χ1) is 12.4. The number of amides is 1. The van der Waals surface area contributed by atoms with Gasteiger partial charge in [-0.3, -0.25) is 19.7 Å². The van der Waals surface area contributed by atoms with Gasteiger partial charge in [0.05, 0.1) is 23.8 Å². The van der Waals surface area contributed by atoms with Crippen LogP contribution in [0.2, 0.25) is 0 Å². The first kappa shape index (κ1) is 18.6. The summed E-state index contributed by atoms with van der Waals surface area (Å²) in [5.41, 5.74) is 2.30. The third kappa shape index (κ3) is 4.41. The highest BCUT2D eigenvalue weighted by Crippen LogP contribution is 2.39. The van der Waals surface area contributed by atoms with Crippen LogP contribution in [0.15, 0.2) is 47.6 Å². The van der Waals surface area contributed by atoms with Gasteiger partial charge in [0.15, 0.2) is 5.75 Å². The van der Waals surface area contributed by atoms with Crippen LogP contribution in [0.4, 0.5) is 5.69 Å². The van der Waals surface area contributed by atoms with Crippen LogP contribution in [-0.2, 0) is 4.79 Å². The molecule has 0 unspecified atom stereocenters. The van der Waals surface area contributed by atoms with E-state index < -0.39 is 22.5 Å². The average molecular weight is 357 g/mol. The van der Waals surface area contributed by atoms with E-state index in [1.807, 2.05) is 0 Å². The number of hydrogen-bond donors (Lipinski definition) is 1. The maximum absolute atomic E-state index is 11.9. The van der Waals surface area contributed by atoms with Gasteiger partial charge in [-0.05, 0) is 24.3 Å². The molecule has 2 aromatic rings. The Bertz CT molecular complexity index is 864. The van der Waals surface area contributed by atoms with Crippen molar-refractivity contribution < 1.29 is 24.0 Å². The third-order valence-electron chi connectivity index (χ3n) is 3.17. The van der Waals surface area contributed by atoms with E-state index in [9.17, 15) is 19.7 Å². The number of esters is 1. The first-order valence-electron chi connectivity index (χ1n) is 7.36. The summed E-state index contributed by atoms with van der Waals surface area (Å²) in [6.07, 6.45) is 1.11. The van der Waals surface area contributed by atoms with Gasteiger partial charge in [0.25, 0.3) is 5.91 Å². The molecular formula is C17H15N3O6. The van der Waals surface area contributed by atoms with Crippen LogP contribution in [-0.4, -0.2) is 30.1 Å². The molecule has 0 spiro atoms. The summed E-state index contributed by atoms with van der Waals surface area (Å²) in [5, 5.41) is 15.1. The van der Waals surface area contributed by atoms with Gasteiger partial charge in [0.1, 0.15) is 0 Å². The summed E-state index contributed by atoms with van der Waals surface area (Å²) in [6.45, 7) is 1.17. The van der Waals surface area contributed by atoms with Gasteiger partial charge in [-0.1, -0.05) is 18.2 Å². The Kier molecular flexibility index (Phi) is 5.99. The molecule has 0 fully saturated rings. The van der Waals surface area contributed by atoms with Gasteiger partial charge >= 0.3 is 11.7 Å². The number of nitrogens with one attached hydrogen (secondary N) is 1. The van der Waals surface area contributed by atoms with Gasteiger partial charge in [-0.2, -0.15) is 5.10 Å². The average Bonchev–Trinajstić information content (AvgIpc) is 2.62. The maximum Gasteiger partial charge on any atom is 0.323 e. The molecule has 9 heteroatoms. The fourth-order valence-corrected chi connectivity index (χ4v) is 2.11. The van der Waals surface area contributed by atoms with Crippen molar-refractivity contribution in [2.75, 3.05) is 7.11 Å². The molecule has 0 heterocycles. The van der Waals surface area contributed by atoms with Crippen molar-refractivity contribution in [2.24, 2.45) is 5.10 Å². The highest BCUT2D eigenvalue weighted by Gasteiger charge is 2.25. The minimum Gasteiger partial charge on any atom is -0.488 e. The van der Waals surface area contributed by atoms with E-state index >= 15 is 0 Å². The lowest BCUT2D eigenvalue weighted by Gasteiger charge is -2.09. The normalized spacial score (nSPS) is 10.4. The number of rotatable bonds is 6. The molecule has 9 nitrogen and oxygen atoms in total. The summed E-state index contributed by atoms with van der Waals surface area (Å²) in [7, 11) is 1.22. The standard InChI is InChI=1S/C17H15N3O6/c1-11(21)26-14-9-8-13(15(20(23)24)16(14)25-2)10-18-19-17(22)12-6-4-3-5-7-12/h3-10H,1-2H3,(H,19,22). The number of hydrazone groups is 1. The Morgan fingerprint density at radius 2 is 1.88 bits per heavy atom. The minimum absolute atomic E-state index is 0.0658. The number of nitro benzene ring substituents is 1. The molecule has 0 atom stereocenters. The Hall–Kier alpha value is -3.75. The molecule has 26 heavy (non-hydrogen) atoms. The summed E-state index contributed by atoms with van der Waals surface area (Å²) >= 11 is 0. The predicted molar refractivity (Wildman–Crippen MR) is 92.5 cm³/mol. The molecule has 0 saturated carbocycles. The second-order valence-corrected chi connectivity index (χ2v) is 4.95.